The van der Waals surface area contributed by atoms with E-state index in [1.54, 1.807) is 25.6 Å². The van der Waals surface area contributed by atoms with Crippen molar-refractivity contribution in [1.82, 2.24) is 10.3 Å². The molecule has 0 saturated heterocycles. The number of hydrogen-bond acceptors (Lipinski definition) is 4. The van der Waals surface area contributed by atoms with Gasteiger partial charge in [0.15, 0.2) is 0 Å². The summed E-state index contributed by atoms with van der Waals surface area (Å²) in [7, 11) is 1.62. The van der Waals surface area contributed by atoms with Crippen LogP contribution in [0.25, 0.3) is 6.08 Å². The first-order chi connectivity index (χ1) is 11.7. The number of nitriles is 1. The van der Waals surface area contributed by atoms with Gasteiger partial charge in [-0.3, -0.25) is 9.78 Å². The van der Waals surface area contributed by atoms with E-state index in [-0.39, 0.29) is 5.57 Å². The van der Waals surface area contributed by atoms with Crippen molar-refractivity contribution in [2.75, 3.05) is 7.11 Å². The Hall–Kier alpha value is -3.13. The lowest BCUT2D eigenvalue weighted by Crippen LogP contribution is -2.23. The summed E-state index contributed by atoms with van der Waals surface area (Å²) in [6.07, 6.45) is 5.71. The van der Waals surface area contributed by atoms with E-state index in [2.05, 4.69) is 10.3 Å². The highest BCUT2D eigenvalue weighted by Crippen LogP contribution is 2.21. The van der Waals surface area contributed by atoms with Crippen LogP contribution in [0.4, 0.5) is 0 Å². The topological polar surface area (TPSA) is 75.0 Å². The van der Waals surface area contributed by atoms with E-state index in [0.29, 0.717) is 6.54 Å². The van der Waals surface area contributed by atoms with Gasteiger partial charge in [-0.25, -0.2) is 0 Å². The zero-order valence-corrected chi connectivity index (χ0v) is 13.7. The number of nitrogens with zero attached hydrogens (tertiary/aromatic N) is 2. The van der Waals surface area contributed by atoms with Crippen molar-refractivity contribution >= 4 is 12.0 Å². The Balaban J connectivity index is 2.13. The summed E-state index contributed by atoms with van der Waals surface area (Å²) in [5, 5.41) is 12.0. The smallest absolute Gasteiger partial charge is 0.262 e. The number of rotatable bonds is 6. The van der Waals surface area contributed by atoms with E-state index >= 15 is 0 Å². The molecule has 2 rings (SSSR count). The third-order valence-corrected chi connectivity index (χ3v) is 3.56. The Labute approximate surface area is 141 Å². The van der Waals surface area contributed by atoms with Gasteiger partial charge in [0, 0.05) is 18.9 Å². The SMILES string of the molecule is CCc1cc(/C=C(\C#N)C(=O)NCc2ccncc2)ccc1OC. The average Bonchev–Trinajstić information content (AvgIpc) is 2.64. The highest BCUT2D eigenvalue weighted by Gasteiger charge is 2.09. The van der Waals surface area contributed by atoms with Gasteiger partial charge in [-0.2, -0.15) is 5.26 Å². The van der Waals surface area contributed by atoms with Gasteiger partial charge in [0.25, 0.3) is 5.91 Å². The van der Waals surface area contributed by atoms with Gasteiger partial charge in [0.1, 0.15) is 17.4 Å². The largest absolute Gasteiger partial charge is 0.496 e. The molecule has 0 atom stereocenters. The third kappa shape index (κ3) is 4.43. The van der Waals surface area contributed by atoms with E-state index in [9.17, 15) is 10.1 Å². The van der Waals surface area contributed by atoms with Gasteiger partial charge >= 0.3 is 0 Å². The lowest BCUT2D eigenvalue weighted by molar-refractivity contribution is -0.117. The van der Waals surface area contributed by atoms with Crippen molar-refractivity contribution in [3.8, 4) is 11.8 Å². The highest BCUT2D eigenvalue weighted by molar-refractivity contribution is 6.01. The standard InChI is InChI=1S/C19H19N3O2/c1-3-16-10-15(4-5-18(16)24-2)11-17(12-20)19(23)22-13-14-6-8-21-9-7-14/h4-11H,3,13H2,1-2H3,(H,22,23)/b17-11+. The molecule has 0 aliphatic carbocycles. The summed E-state index contributed by atoms with van der Waals surface area (Å²) in [6.45, 7) is 2.38. The predicted molar refractivity (Wildman–Crippen MR) is 92.0 cm³/mol. The van der Waals surface area contributed by atoms with Crippen molar-refractivity contribution in [3.63, 3.8) is 0 Å². The van der Waals surface area contributed by atoms with Gasteiger partial charge in [-0.05, 0) is 53.5 Å². The van der Waals surface area contributed by atoms with Gasteiger partial charge in [0.05, 0.1) is 7.11 Å². The lowest BCUT2D eigenvalue weighted by Gasteiger charge is -2.08. The van der Waals surface area contributed by atoms with Crippen LogP contribution >= 0.6 is 0 Å². The molecule has 0 aliphatic rings. The predicted octanol–water partition coefficient (Wildman–Crippen LogP) is 2.88. The summed E-state index contributed by atoms with van der Waals surface area (Å²) >= 11 is 0. The number of nitrogens with one attached hydrogen (secondary N) is 1. The molecule has 0 aliphatic heterocycles. The normalized spacial score (nSPS) is 10.8. The van der Waals surface area contributed by atoms with E-state index in [1.807, 2.05) is 43.3 Å². The number of carbonyl (C=O) groups is 1. The molecule has 122 valence electrons. The van der Waals surface area contributed by atoms with Gasteiger partial charge < -0.3 is 10.1 Å². The van der Waals surface area contributed by atoms with Crippen molar-refractivity contribution in [3.05, 3.63) is 65.0 Å². The summed E-state index contributed by atoms with van der Waals surface area (Å²) < 4.78 is 5.29. The number of pyridine rings is 1. The van der Waals surface area contributed by atoms with Crippen LogP contribution in [-0.4, -0.2) is 18.0 Å². The van der Waals surface area contributed by atoms with Crippen LogP contribution in [0.15, 0.2) is 48.3 Å². The van der Waals surface area contributed by atoms with Crippen LogP contribution in [0.5, 0.6) is 5.75 Å². The molecule has 1 aromatic heterocycles. The van der Waals surface area contributed by atoms with Crippen LogP contribution in [0.1, 0.15) is 23.6 Å². The maximum atomic E-state index is 12.2. The number of hydrogen-bond donors (Lipinski definition) is 1. The first kappa shape index (κ1) is 17.2. The number of carbonyl (C=O) groups excluding carboxylic acids is 1. The molecule has 0 radical (unpaired) electrons. The van der Waals surface area contributed by atoms with Crippen LogP contribution in [0.2, 0.25) is 0 Å². The maximum Gasteiger partial charge on any atom is 0.262 e. The molecule has 0 bridgehead atoms. The molecule has 0 unspecified atom stereocenters. The van der Waals surface area contributed by atoms with Crippen LogP contribution in [0, 0.1) is 11.3 Å². The van der Waals surface area contributed by atoms with Gasteiger partial charge in [-0.15, -0.1) is 0 Å². The number of ether oxygens (including phenoxy) is 1. The van der Waals surface area contributed by atoms with Crippen molar-refractivity contribution in [1.29, 1.82) is 5.26 Å². The first-order valence-electron chi connectivity index (χ1n) is 7.63. The molecule has 5 heteroatoms. The molecule has 24 heavy (non-hydrogen) atoms. The second-order valence-electron chi connectivity index (χ2n) is 5.13. The maximum absolute atomic E-state index is 12.2. The third-order valence-electron chi connectivity index (χ3n) is 3.56. The summed E-state index contributed by atoms with van der Waals surface area (Å²) in [6, 6.07) is 11.2. The molecule has 1 heterocycles. The van der Waals surface area contributed by atoms with E-state index in [0.717, 1.165) is 28.9 Å². The van der Waals surface area contributed by atoms with E-state index in [4.69, 9.17) is 4.74 Å². The van der Waals surface area contributed by atoms with Crippen molar-refractivity contribution < 1.29 is 9.53 Å². The minimum absolute atomic E-state index is 0.0660. The molecular formula is C19H19N3O2. The second kappa shape index (κ2) is 8.49. The number of benzene rings is 1. The summed E-state index contributed by atoms with van der Waals surface area (Å²) in [5.41, 5.74) is 2.81. The fourth-order valence-corrected chi connectivity index (χ4v) is 2.26. The lowest BCUT2D eigenvalue weighted by atomic mass is 10.0. The molecule has 2 aromatic rings. The quantitative estimate of drug-likeness (QED) is 0.656. The second-order valence-corrected chi connectivity index (χ2v) is 5.13. The van der Waals surface area contributed by atoms with Crippen molar-refractivity contribution in [2.24, 2.45) is 0 Å². The number of amides is 1. The average molecular weight is 321 g/mol. The Kier molecular flexibility index (Phi) is 6.09. The molecule has 1 N–H and O–H groups in total. The zero-order valence-electron chi connectivity index (χ0n) is 13.7. The minimum Gasteiger partial charge on any atom is -0.496 e. The fourth-order valence-electron chi connectivity index (χ4n) is 2.26. The molecule has 1 amide bonds. The first-order valence-corrected chi connectivity index (χ1v) is 7.63. The number of aromatic nitrogens is 1. The summed E-state index contributed by atoms with van der Waals surface area (Å²) in [4.78, 5) is 16.1. The van der Waals surface area contributed by atoms with Crippen LogP contribution < -0.4 is 10.1 Å². The van der Waals surface area contributed by atoms with Gasteiger partial charge in [-0.1, -0.05) is 13.0 Å². The Morgan fingerprint density at radius 2 is 2.08 bits per heavy atom. The van der Waals surface area contributed by atoms with Crippen molar-refractivity contribution in [2.45, 2.75) is 19.9 Å². The molecule has 0 saturated carbocycles. The monoisotopic (exact) mass is 321 g/mol. The minimum atomic E-state index is -0.400. The van der Waals surface area contributed by atoms with Crippen LogP contribution in [0.3, 0.4) is 0 Å². The molecular weight excluding hydrogens is 302 g/mol. The highest BCUT2D eigenvalue weighted by atomic mass is 16.5. The Bertz CT molecular complexity index is 777. The Morgan fingerprint density at radius 1 is 1.33 bits per heavy atom. The fraction of sp³-hybridized carbons (Fsp3) is 0.211. The summed E-state index contributed by atoms with van der Waals surface area (Å²) in [5.74, 6) is 0.401. The molecule has 5 nitrogen and oxygen atoms in total. The number of methoxy groups -OCH3 is 1. The van der Waals surface area contributed by atoms with Gasteiger partial charge in [0.2, 0.25) is 0 Å². The number of aryl methyl sites for hydroxylation is 1. The van der Waals surface area contributed by atoms with E-state index < -0.39 is 5.91 Å². The molecule has 0 fully saturated rings. The Morgan fingerprint density at radius 3 is 2.71 bits per heavy atom. The molecule has 0 spiro atoms. The van der Waals surface area contributed by atoms with E-state index in [1.165, 1.54) is 0 Å². The van der Waals surface area contributed by atoms with Crippen LogP contribution in [-0.2, 0) is 17.8 Å². The molecule has 1 aromatic carbocycles. The zero-order chi connectivity index (χ0) is 17.4.